The highest BCUT2D eigenvalue weighted by Crippen LogP contribution is 2.32. The first-order valence-corrected chi connectivity index (χ1v) is 15.3. The summed E-state index contributed by atoms with van der Waals surface area (Å²) in [6, 6.07) is 27.9. The van der Waals surface area contributed by atoms with Gasteiger partial charge in [-0.1, -0.05) is 78.9 Å². The molecule has 0 radical (unpaired) electrons. The number of nitrogens with one attached hydrogen (secondary N) is 2. The maximum atomic E-state index is 13.7. The van der Waals surface area contributed by atoms with Crippen molar-refractivity contribution in [3.05, 3.63) is 131 Å². The van der Waals surface area contributed by atoms with E-state index >= 15 is 0 Å². The number of alkyl halides is 3. The molecule has 0 aromatic heterocycles. The van der Waals surface area contributed by atoms with Crippen molar-refractivity contribution < 1.29 is 31.5 Å². The SMILES string of the molecule is CS(=O)(=O)N(c1ccccc1)c1ccccc1C(=O)N[C@@H](Cc1ccccc1)[C@H](O)CNCc1cccc(C(F)(F)F)c1. The summed E-state index contributed by atoms with van der Waals surface area (Å²) in [6.45, 7) is 0.0331. The van der Waals surface area contributed by atoms with Crippen LogP contribution in [0.5, 0.6) is 0 Å². The average Bonchev–Trinajstić information content (AvgIpc) is 2.97. The molecule has 0 aliphatic heterocycles. The number of halogens is 3. The number of anilines is 2. The van der Waals surface area contributed by atoms with Crippen LogP contribution in [0.4, 0.5) is 24.5 Å². The molecule has 0 fully saturated rings. The summed E-state index contributed by atoms with van der Waals surface area (Å²) in [4.78, 5) is 13.7. The van der Waals surface area contributed by atoms with E-state index in [0.717, 1.165) is 28.3 Å². The zero-order valence-electron chi connectivity index (χ0n) is 23.3. The second-order valence-corrected chi connectivity index (χ2v) is 11.9. The number of nitrogens with zero attached hydrogens (tertiary/aromatic N) is 1. The fraction of sp³-hybridized carbons (Fsp3) is 0.219. The largest absolute Gasteiger partial charge is 0.416 e. The van der Waals surface area contributed by atoms with Gasteiger partial charge in [-0.05, 0) is 47.9 Å². The van der Waals surface area contributed by atoms with Gasteiger partial charge in [0, 0.05) is 13.1 Å². The zero-order chi connectivity index (χ0) is 31.0. The van der Waals surface area contributed by atoms with Crippen LogP contribution in [-0.4, -0.2) is 44.4 Å². The van der Waals surface area contributed by atoms with Gasteiger partial charge in [0.05, 0.1) is 40.9 Å². The Balaban J connectivity index is 1.56. The number of amides is 1. The highest BCUT2D eigenvalue weighted by molar-refractivity contribution is 7.92. The smallest absolute Gasteiger partial charge is 0.390 e. The van der Waals surface area contributed by atoms with Gasteiger partial charge in [0.2, 0.25) is 10.0 Å². The van der Waals surface area contributed by atoms with Crippen molar-refractivity contribution in [2.45, 2.75) is 31.3 Å². The van der Waals surface area contributed by atoms with E-state index in [0.29, 0.717) is 11.3 Å². The van der Waals surface area contributed by atoms with E-state index in [-0.39, 0.29) is 30.8 Å². The lowest BCUT2D eigenvalue weighted by atomic mass is 10.00. The predicted molar refractivity (Wildman–Crippen MR) is 160 cm³/mol. The lowest BCUT2D eigenvalue weighted by Crippen LogP contribution is -2.49. The number of rotatable bonds is 12. The van der Waals surface area contributed by atoms with E-state index in [4.69, 9.17) is 0 Å². The first-order valence-electron chi connectivity index (χ1n) is 13.5. The quantitative estimate of drug-likeness (QED) is 0.202. The fourth-order valence-electron chi connectivity index (χ4n) is 4.68. The molecule has 2 atom stereocenters. The summed E-state index contributed by atoms with van der Waals surface area (Å²) in [6.07, 6.45) is -4.31. The first kappa shape index (κ1) is 31.7. The Morgan fingerprint density at radius 2 is 1.47 bits per heavy atom. The highest BCUT2D eigenvalue weighted by Gasteiger charge is 2.31. The van der Waals surface area contributed by atoms with Crippen molar-refractivity contribution in [3.8, 4) is 0 Å². The molecule has 0 aliphatic carbocycles. The second kappa shape index (κ2) is 13.9. The van der Waals surface area contributed by atoms with Crippen molar-refractivity contribution in [1.82, 2.24) is 10.6 Å². The molecule has 0 saturated heterocycles. The summed E-state index contributed by atoms with van der Waals surface area (Å²) in [5.74, 6) is -0.599. The van der Waals surface area contributed by atoms with E-state index in [9.17, 15) is 31.5 Å². The Hall–Kier alpha value is -4.19. The lowest BCUT2D eigenvalue weighted by Gasteiger charge is -2.27. The number of sulfonamides is 1. The second-order valence-electron chi connectivity index (χ2n) is 10.0. The number of benzene rings is 4. The molecule has 0 saturated carbocycles. The molecule has 0 spiro atoms. The molecular formula is C32H32F3N3O4S. The van der Waals surface area contributed by atoms with E-state index in [2.05, 4.69) is 10.6 Å². The normalized spacial score (nSPS) is 13.2. The molecular weight excluding hydrogens is 579 g/mol. The van der Waals surface area contributed by atoms with Crippen LogP contribution in [0, 0.1) is 0 Å². The van der Waals surface area contributed by atoms with E-state index in [1.807, 2.05) is 30.3 Å². The van der Waals surface area contributed by atoms with Crippen molar-refractivity contribution in [2.75, 3.05) is 17.1 Å². The van der Waals surface area contributed by atoms with Gasteiger partial charge >= 0.3 is 6.18 Å². The Bertz CT molecular complexity index is 1620. The van der Waals surface area contributed by atoms with Crippen LogP contribution in [0.1, 0.15) is 27.0 Å². The minimum absolute atomic E-state index is 0.0326. The predicted octanol–water partition coefficient (Wildman–Crippen LogP) is 5.29. The van der Waals surface area contributed by atoms with Gasteiger partial charge in [-0.3, -0.25) is 4.79 Å². The number of carbonyl (C=O) groups excluding carboxylic acids is 1. The summed E-state index contributed by atoms with van der Waals surface area (Å²) >= 11 is 0. The van der Waals surface area contributed by atoms with Crippen molar-refractivity contribution in [1.29, 1.82) is 0 Å². The standard InChI is InChI=1S/C32H32F3N3O4S/c1-43(41,42)38(26-15-6-3-7-16-26)29-18-9-8-17-27(29)31(40)37-28(20-23-11-4-2-5-12-23)30(39)22-36-21-24-13-10-14-25(19-24)32(33,34)35/h2-19,28,30,36,39H,20-22H2,1H3,(H,37,40)/t28-,30+/m0/s1. The van der Waals surface area contributed by atoms with Gasteiger partial charge in [-0.25, -0.2) is 12.7 Å². The lowest BCUT2D eigenvalue weighted by molar-refractivity contribution is -0.137. The third-order valence-corrected chi connectivity index (χ3v) is 7.78. The highest BCUT2D eigenvalue weighted by atomic mass is 32.2. The van der Waals surface area contributed by atoms with Crippen molar-refractivity contribution in [2.24, 2.45) is 0 Å². The summed E-state index contributed by atoms with van der Waals surface area (Å²) in [5.41, 5.74) is 1.04. The van der Waals surface area contributed by atoms with E-state index in [1.54, 1.807) is 48.5 Å². The van der Waals surface area contributed by atoms with Crippen molar-refractivity contribution in [3.63, 3.8) is 0 Å². The molecule has 1 amide bonds. The van der Waals surface area contributed by atoms with E-state index in [1.165, 1.54) is 18.2 Å². The molecule has 11 heteroatoms. The molecule has 3 N–H and O–H groups in total. The molecule has 0 heterocycles. The minimum atomic E-state index is -4.47. The summed E-state index contributed by atoms with van der Waals surface area (Å²) < 4.78 is 66.1. The van der Waals surface area contributed by atoms with Gasteiger partial charge in [0.15, 0.2) is 0 Å². The molecule has 43 heavy (non-hydrogen) atoms. The Morgan fingerprint density at radius 3 is 2.12 bits per heavy atom. The third kappa shape index (κ3) is 8.66. The third-order valence-electron chi connectivity index (χ3n) is 6.71. The topological polar surface area (TPSA) is 98.7 Å². The maximum absolute atomic E-state index is 13.7. The Kier molecular flexibility index (Phi) is 10.2. The molecule has 0 unspecified atom stereocenters. The van der Waals surface area contributed by atoms with Gasteiger partial charge in [-0.2, -0.15) is 13.2 Å². The number of aliphatic hydroxyl groups is 1. The number of carbonyl (C=O) groups is 1. The van der Waals surface area contributed by atoms with Crippen LogP contribution in [0.25, 0.3) is 0 Å². The van der Waals surface area contributed by atoms with Crippen LogP contribution in [0.15, 0.2) is 109 Å². The van der Waals surface area contributed by atoms with E-state index < -0.39 is 39.8 Å². The molecule has 4 aromatic rings. The van der Waals surface area contributed by atoms with Gasteiger partial charge in [-0.15, -0.1) is 0 Å². The van der Waals surface area contributed by atoms with Gasteiger partial charge in [0.1, 0.15) is 0 Å². The van der Waals surface area contributed by atoms with Crippen LogP contribution in [-0.2, 0) is 29.2 Å². The molecule has 7 nitrogen and oxygen atoms in total. The Morgan fingerprint density at radius 1 is 0.860 bits per heavy atom. The minimum Gasteiger partial charge on any atom is -0.390 e. The molecule has 0 aliphatic rings. The molecule has 4 rings (SSSR count). The summed E-state index contributed by atoms with van der Waals surface area (Å²) in [5, 5.41) is 17.0. The van der Waals surface area contributed by atoms with Gasteiger partial charge in [0.25, 0.3) is 5.91 Å². The number of hydrogen-bond acceptors (Lipinski definition) is 5. The molecule has 0 bridgehead atoms. The zero-order valence-corrected chi connectivity index (χ0v) is 24.1. The molecule has 226 valence electrons. The average molecular weight is 612 g/mol. The number of hydrogen-bond donors (Lipinski definition) is 3. The first-order chi connectivity index (χ1) is 20.4. The number of para-hydroxylation sites is 2. The van der Waals surface area contributed by atoms with Crippen molar-refractivity contribution >= 4 is 27.3 Å². The van der Waals surface area contributed by atoms with Crippen LogP contribution in [0.2, 0.25) is 0 Å². The Labute approximate surface area is 249 Å². The maximum Gasteiger partial charge on any atom is 0.416 e. The summed E-state index contributed by atoms with van der Waals surface area (Å²) in [7, 11) is -3.85. The molecule has 4 aromatic carbocycles. The van der Waals surface area contributed by atoms with Crippen LogP contribution in [0.3, 0.4) is 0 Å². The fourth-order valence-corrected chi connectivity index (χ4v) is 5.70. The van der Waals surface area contributed by atoms with Gasteiger partial charge < -0.3 is 15.7 Å². The number of aliphatic hydroxyl groups excluding tert-OH is 1. The van der Waals surface area contributed by atoms with Crippen LogP contribution >= 0.6 is 0 Å². The van der Waals surface area contributed by atoms with Crippen LogP contribution < -0.4 is 14.9 Å². The monoisotopic (exact) mass is 611 g/mol.